The number of Topliss-reactive ketones (excluding diaryl/α,β-unsaturated/α-hetero) is 1. The van der Waals surface area contributed by atoms with E-state index in [0.717, 1.165) is 31.6 Å². The van der Waals surface area contributed by atoms with Gasteiger partial charge in [0.2, 0.25) is 5.91 Å². The van der Waals surface area contributed by atoms with Crippen LogP contribution in [0.15, 0.2) is 24.3 Å². The average molecular weight is 292 g/mol. The molecule has 1 saturated heterocycles. The van der Waals surface area contributed by atoms with Gasteiger partial charge in [0, 0.05) is 16.5 Å². The summed E-state index contributed by atoms with van der Waals surface area (Å²) in [5.41, 5.74) is 1.40. The molecular formula is C15H20N2O2S. The summed E-state index contributed by atoms with van der Waals surface area (Å²) in [6.07, 6.45) is 2.26. The molecule has 1 aromatic rings. The maximum absolute atomic E-state index is 11.9. The standard InChI is InChI=1S/C15H20N2O2S/c1-11(18)12-2-4-13(5-3-12)17-15(19)10-20-14-6-8-16-9-7-14/h2-5,14,16H,6-10H2,1H3,(H,17,19). The number of thioether (sulfide) groups is 1. The number of ketones is 1. The molecule has 2 N–H and O–H groups in total. The summed E-state index contributed by atoms with van der Waals surface area (Å²) in [6.45, 7) is 3.63. The van der Waals surface area contributed by atoms with Crippen LogP contribution in [0.1, 0.15) is 30.1 Å². The normalized spacial score (nSPS) is 15.8. The largest absolute Gasteiger partial charge is 0.325 e. The minimum absolute atomic E-state index is 0.0177. The molecule has 0 aromatic heterocycles. The molecule has 0 saturated carbocycles. The third-order valence-electron chi connectivity index (χ3n) is 3.31. The van der Waals surface area contributed by atoms with Gasteiger partial charge in [-0.05, 0) is 57.1 Å². The van der Waals surface area contributed by atoms with Crippen LogP contribution < -0.4 is 10.6 Å². The Morgan fingerprint density at radius 1 is 1.25 bits per heavy atom. The highest BCUT2D eigenvalue weighted by Gasteiger charge is 2.14. The van der Waals surface area contributed by atoms with Crippen molar-refractivity contribution in [2.45, 2.75) is 25.0 Å². The first kappa shape index (κ1) is 15.1. The number of carbonyl (C=O) groups is 2. The van der Waals surface area contributed by atoms with Gasteiger partial charge in [-0.1, -0.05) is 0 Å². The minimum atomic E-state index is 0.0177. The van der Waals surface area contributed by atoms with E-state index in [1.54, 1.807) is 36.0 Å². The Morgan fingerprint density at radius 2 is 1.90 bits per heavy atom. The van der Waals surface area contributed by atoms with E-state index in [4.69, 9.17) is 0 Å². The van der Waals surface area contributed by atoms with Crippen LogP contribution in [0.3, 0.4) is 0 Å². The second-order valence-corrected chi connectivity index (χ2v) is 6.23. The monoisotopic (exact) mass is 292 g/mol. The fraction of sp³-hybridized carbons (Fsp3) is 0.467. The highest BCUT2D eigenvalue weighted by atomic mass is 32.2. The number of hydrogen-bond donors (Lipinski definition) is 2. The summed E-state index contributed by atoms with van der Waals surface area (Å²) in [7, 11) is 0. The van der Waals surface area contributed by atoms with Crippen LogP contribution in [-0.4, -0.2) is 35.8 Å². The first-order valence-corrected chi connectivity index (χ1v) is 7.93. The highest BCUT2D eigenvalue weighted by molar-refractivity contribution is 8.00. The zero-order chi connectivity index (χ0) is 14.4. The molecule has 108 valence electrons. The molecule has 20 heavy (non-hydrogen) atoms. The lowest BCUT2D eigenvalue weighted by molar-refractivity contribution is -0.113. The fourth-order valence-corrected chi connectivity index (χ4v) is 3.17. The summed E-state index contributed by atoms with van der Waals surface area (Å²) in [5, 5.41) is 6.76. The van der Waals surface area contributed by atoms with Gasteiger partial charge in [0.1, 0.15) is 0 Å². The lowest BCUT2D eigenvalue weighted by atomic mass is 10.1. The van der Waals surface area contributed by atoms with Crippen molar-refractivity contribution in [2.24, 2.45) is 0 Å². The topological polar surface area (TPSA) is 58.2 Å². The Kier molecular flexibility index (Phi) is 5.61. The lowest BCUT2D eigenvalue weighted by Gasteiger charge is -2.21. The lowest BCUT2D eigenvalue weighted by Crippen LogP contribution is -2.30. The van der Waals surface area contributed by atoms with Crippen LogP contribution in [0.2, 0.25) is 0 Å². The Balaban J connectivity index is 1.77. The number of hydrogen-bond acceptors (Lipinski definition) is 4. The number of rotatable bonds is 5. The molecule has 1 fully saturated rings. The summed E-state index contributed by atoms with van der Waals surface area (Å²) in [5.74, 6) is 0.535. The quantitative estimate of drug-likeness (QED) is 0.818. The Morgan fingerprint density at radius 3 is 2.50 bits per heavy atom. The van der Waals surface area contributed by atoms with Gasteiger partial charge in [-0.2, -0.15) is 0 Å². The van der Waals surface area contributed by atoms with Crippen LogP contribution in [-0.2, 0) is 4.79 Å². The van der Waals surface area contributed by atoms with Crippen LogP contribution in [0.25, 0.3) is 0 Å². The molecular weight excluding hydrogens is 272 g/mol. The molecule has 5 heteroatoms. The van der Waals surface area contributed by atoms with Crippen molar-refractivity contribution in [3.63, 3.8) is 0 Å². The SMILES string of the molecule is CC(=O)c1ccc(NC(=O)CSC2CCNCC2)cc1. The van der Waals surface area contributed by atoms with Crippen molar-refractivity contribution in [1.82, 2.24) is 5.32 Å². The minimum Gasteiger partial charge on any atom is -0.325 e. The van der Waals surface area contributed by atoms with Crippen LogP contribution in [0, 0.1) is 0 Å². The van der Waals surface area contributed by atoms with Gasteiger partial charge in [-0.25, -0.2) is 0 Å². The molecule has 0 unspecified atom stereocenters. The van der Waals surface area contributed by atoms with Gasteiger partial charge in [-0.15, -0.1) is 11.8 Å². The summed E-state index contributed by atoms with van der Waals surface area (Å²) in [4.78, 5) is 23.0. The maximum Gasteiger partial charge on any atom is 0.234 e. The van der Waals surface area contributed by atoms with E-state index in [-0.39, 0.29) is 11.7 Å². The Hall–Kier alpha value is -1.33. The fourth-order valence-electron chi connectivity index (χ4n) is 2.14. The third-order valence-corrected chi connectivity index (χ3v) is 4.68. The van der Waals surface area contributed by atoms with Gasteiger partial charge in [-0.3, -0.25) is 9.59 Å². The molecule has 0 bridgehead atoms. The summed E-state index contributed by atoms with van der Waals surface area (Å²) >= 11 is 1.73. The van der Waals surface area contributed by atoms with Crippen LogP contribution >= 0.6 is 11.8 Å². The second kappa shape index (κ2) is 7.45. The maximum atomic E-state index is 11.9. The van der Waals surface area contributed by atoms with Crippen molar-refractivity contribution in [3.8, 4) is 0 Å². The molecule has 1 amide bonds. The van der Waals surface area contributed by atoms with E-state index in [9.17, 15) is 9.59 Å². The number of amides is 1. The van der Waals surface area contributed by atoms with Crippen molar-refractivity contribution < 1.29 is 9.59 Å². The molecule has 0 radical (unpaired) electrons. The van der Waals surface area contributed by atoms with Gasteiger partial charge in [0.25, 0.3) is 0 Å². The van der Waals surface area contributed by atoms with Crippen LogP contribution in [0.5, 0.6) is 0 Å². The molecule has 2 rings (SSSR count). The first-order valence-electron chi connectivity index (χ1n) is 6.88. The third kappa shape index (κ3) is 4.65. The molecule has 1 aromatic carbocycles. The van der Waals surface area contributed by atoms with E-state index >= 15 is 0 Å². The van der Waals surface area contributed by atoms with Crippen LogP contribution in [0.4, 0.5) is 5.69 Å². The van der Waals surface area contributed by atoms with Gasteiger partial charge in [0.15, 0.2) is 5.78 Å². The number of carbonyl (C=O) groups excluding carboxylic acids is 2. The van der Waals surface area contributed by atoms with Crippen molar-refractivity contribution in [1.29, 1.82) is 0 Å². The van der Waals surface area contributed by atoms with Gasteiger partial charge < -0.3 is 10.6 Å². The number of anilines is 1. The van der Waals surface area contributed by atoms with E-state index in [1.165, 1.54) is 6.92 Å². The molecule has 0 aliphatic carbocycles. The van der Waals surface area contributed by atoms with E-state index in [0.29, 0.717) is 16.6 Å². The molecule has 1 aliphatic rings. The number of piperidine rings is 1. The summed E-state index contributed by atoms with van der Waals surface area (Å²) in [6, 6.07) is 7.00. The van der Waals surface area contributed by atoms with E-state index in [1.807, 2.05) is 0 Å². The van der Waals surface area contributed by atoms with Crippen molar-refractivity contribution >= 4 is 29.1 Å². The predicted octanol–water partition coefficient (Wildman–Crippen LogP) is 2.31. The predicted molar refractivity (Wildman–Crippen MR) is 83.4 cm³/mol. The van der Waals surface area contributed by atoms with Crippen molar-refractivity contribution in [3.05, 3.63) is 29.8 Å². The Bertz CT molecular complexity index is 467. The second-order valence-electron chi connectivity index (χ2n) is 4.94. The zero-order valence-electron chi connectivity index (χ0n) is 11.6. The zero-order valence-corrected chi connectivity index (χ0v) is 12.5. The van der Waals surface area contributed by atoms with Crippen molar-refractivity contribution in [2.75, 3.05) is 24.2 Å². The van der Waals surface area contributed by atoms with E-state index in [2.05, 4.69) is 10.6 Å². The molecule has 1 aliphatic heterocycles. The summed E-state index contributed by atoms with van der Waals surface area (Å²) < 4.78 is 0. The molecule has 0 spiro atoms. The number of benzene rings is 1. The first-order chi connectivity index (χ1) is 9.65. The smallest absolute Gasteiger partial charge is 0.234 e. The molecule has 1 heterocycles. The highest BCUT2D eigenvalue weighted by Crippen LogP contribution is 2.20. The molecule has 4 nitrogen and oxygen atoms in total. The average Bonchev–Trinajstić information content (AvgIpc) is 2.47. The van der Waals surface area contributed by atoms with E-state index < -0.39 is 0 Å². The van der Waals surface area contributed by atoms with Gasteiger partial charge >= 0.3 is 0 Å². The molecule has 0 atom stereocenters. The Labute approximate surface area is 123 Å². The van der Waals surface area contributed by atoms with Gasteiger partial charge in [0.05, 0.1) is 5.75 Å². The number of nitrogens with one attached hydrogen (secondary N) is 2.